The van der Waals surface area contributed by atoms with Crippen LogP contribution in [0.15, 0.2) is 36.5 Å². The molecular weight excluding hydrogens is 659 g/mol. The second-order valence-electron chi connectivity index (χ2n) is 15.4. The first-order valence-corrected chi connectivity index (χ1v) is 22.4. The van der Waals surface area contributed by atoms with Gasteiger partial charge in [0, 0.05) is 6.42 Å². The number of allylic oxidation sites excluding steroid dienone is 5. The molecule has 300 valence electrons. The van der Waals surface area contributed by atoms with Crippen LogP contribution in [0, 0.1) is 0 Å². The van der Waals surface area contributed by atoms with Crippen LogP contribution in [0.25, 0.3) is 0 Å². The van der Waals surface area contributed by atoms with Crippen molar-refractivity contribution in [2.24, 2.45) is 0 Å². The van der Waals surface area contributed by atoms with Crippen LogP contribution in [0.5, 0.6) is 0 Å². The minimum atomic E-state index is -4.34. The van der Waals surface area contributed by atoms with Gasteiger partial charge < -0.3 is 19.8 Å². The van der Waals surface area contributed by atoms with Gasteiger partial charge in [0.25, 0.3) is 0 Å². The summed E-state index contributed by atoms with van der Waals surface area (Å²) in [5.74, 6) is -0.193. The molecule has 0 aromatic heterocycles. The molecule has 0 heterocycles. The Bertz CT molecular complexity index is 933. The minimum absolute atomic E-state index is 0.0582. The van der Waals surface area contributed by atoms with E-state index >= 15 is 0 Å². The van der Waals surface area contributed by atoms with Crippen LogP contribution in [-0.2, 0) is 18.4 Å². The van der Waals surface area contributed by atoms with Crippen molar-refractivity contribution in [3.05, 3.63) is 36.5 Å². The van der Waals surface area contributed by atoms with E-state index in [1.807, 2.05) is 27.2 Å². The van der Waals surface area contributed by atoms with E-state index in [1.165, 1.54) is 89.9 Å². The van der Waals surface area contributed by atoms with Crippen molar-refractivity contribution in [2.75, 3.05) is 40.9 Å². The standard InChI is InChI=1S/C42H81N2O6P/c1-6-8-10-12-14-16-18-20-22-23-25-27-29-31-33-35-41(45)40(39-50-51(47,48)49-38-37-44(3,4)5)43-42(46)36-34-32-30-28-26-24-21-19-17-15-13-11-9-7-2/h13,15,19,21,33,35,40-41,45H,6-12,14,16-18,20,22-32,34,36-39H2,1-5H3,(H-,43,46,47,48)/p+1/b15-13-,21-19-,35-33+. The first-order valence-electron chi connectivity index (χ1n) is 20.9. The summed E-state index contributed by atoms with van der Waals surface area (Å²) in [6, 6.07) is -0.851. The van der Waals surface area contributed by atoms with E-state index in [2.05, 4.69) is 43.5 Å². The normalized spacial score (nSPS) is 14.9. The zero-order chi connectivity index (χ0) is 37.9. The van der Waals surface area contributed by atoms with E-state index in [9.17, 15) is 19.4 Å². The molecule has 0 aliphatic rings. The molecule has 3 atom stereocenters. The largest absolute Gasteiger partial charge is 0.472 e. The number of aliphatic hydroxyl groups excluding tert-OH is 1. The van der Waals surface area contributed by atoms with E-state index in [0.717, 1.165) is 64.2 Å². The topological polar surface area (TPSA) is 105 Å². The molecule has 0 aliphatic carbocycles. The Kier molecular flexibility index (Phi) is 33.6. The second-order valence-corrected chi connectivity index (χ2v) is 16.8. The van der Waals surface area contributed by atoms with Crippen molar-refractivity contribution in [1.82, 2.24) is 5.32 Å². The van der Waals surface area contributed by atoms with Crippen LogP contribution >= 0.6 is 7.82 Å². The SMILES string of the molecule is CCCC/C=C\C/C=C\CCCCCCCC(=O)NC(COP(=O)(O)OCC[N+](C)(C)C)C(O)/C=C/CCCCCCCCCCCCCCC. The third-order valence-electron chi connectivity index (χ3n) is 9.10. The Hall–Kier alpha value is -1.28. The maximum absolute atomic E-state index is 12.8. The lowest BCUT2D eigenvalue weighted by Gasteiger charge is -2.25. The van der Waals surface area contributed by atoms with E-state index in [0.29, 0.717) is 17.4 Å². The van der Waals surface area contributed by atoms with Crippen LogP contribution in [0.2, 0.25) is 0 Å². The Balaban J connectivity index is 4.51. The number of carbonyl (C=O) groups is 1. The molecule has 0 saturated heterocycles. The van der Waals surface area contributed by atoms with Gasteiger partial charge in [0.1, 0.15) is 13.2 Å². The van der Waals surface area contributed by atoms with Crippen molar-refractivity contribution < 1.29 is 32.9 Å². The van der Waals surface area contributed by atoms with Gasteiger partial charge in [-0.15, -0.1) is 0 Å². The highest BCUT2D eigenvalue weighted by Crippen LogP contribution is 2.43. The summed E-state index contributed by atoms with van der Waals surface area (Å²) >= 11 is 0. The molecule has 0 aliphatic heterocycles. The van der Waals surface area contributed by atoms with Crippen molar-refractivity contribution in [3.63, 3.8) is 0 Å². The van der Waals surface area contributed by atoms with E-state index in [1.54, 1.807) is 6.08 Å². The van der Waals surface area contributed by atoms with Gasteiger partial charge in [0.05, 0.1) is 39.9 Å². The summed E-state index contributed by atoms with van der Waals surface area (Å²) in [6.45, 7) is 4.75. The molecule has 0 aromatic carbocycles. The number of quaternary nitrogens is 1. The maximum Gasteiger partial charge on any atom is 0.472 e. The quantitative estimate of drug-likeness (QED) is 0.0253. The summed E-state index contributed by atoms with van der Waals surface area (Å²) in [5.41, 5.74) is 0. The number of nitrogens with zero attached hydrogens (tertiary/aromatic N) is 1. The summed E-state index contributed by atoms with van der Waals surface area (Å²) in [5, 5.41) is 13.8. The van der Waals surface area contributed by atoms with Gasteiger partial charge in [-0.05, 0) is 44.9 Å². The highest BCUT2D eigenvalue weighted by molar-refractivity contribution is 7.47. The van der Waals surface area contributed by atoms with Gasteiger partial charge in [0.15, 0.2) is 0 Å². The van der Waals surface area contributed by atoms with Crippen LogP contribution in [0.1, 0.15) is 174 Å². The lowest BCUT2D eigenvalue weighted by atomic mass is 10.0. The Morgan fingerprint density at radius 1 is 0.667 bits per heavy atom. The molecule has 1 amide bonds. The van der Waals surface area contributed by atoms with Crippen LogP contribution in [0.4, 0.5) is 0 Å². The third-order valence-corrected chi connectivity index (χ3v) is 10.1. The Labute approximate surface area is 315 Å². The summed E-state index contributed by atoms with van der Waals surface area (Å²) < 4.78 is 23.5. The highest BCUT2D eigenvalue weighted by atomic mass is 31.2. The van der Waals surface area contributed by atoms with Crippen LogP contribution in [0.3, 0.4) is 0 Å². The Morgan fingerprint density at radius 3 is 1.67 bits per heavy atom. The Morgan fingerprint density at radius 2 is 1.14 bits per heavy atom. The fourth-order valence-corrected chi connectivity index (χ4v) is 6.44. The van der Waals surface area contributed by atoms with Crippen molar-refractivity contribution in [2.45, 2.75) is 187 Å². The maximum atomic E-state index is 12.8. The number of rotatable bonds is 37. The zero-order valence-electron chi connectivity index (χ0n) is 33.8. The summed E-state index contributed by atoms with van der Waals surface area (Å²) in [6.07, 6.45) is 40.6. The number of likely N-dealkylation sites (N-methyl/N-ethyl adjacent to an activating group) is 1. The predicted molar refractivity (Wildman–Crippen MR) is 217 cm³/mol. The van der Waals surface area contributed by atoms with Crippen molar-refractivity contribution in [3.8, 4) is 0 Å². The number of aliphatic hydroxyl groups is 1. The molecule has 3 unspecified atom stereocenters. The number of carbonyl (C=O) groups excluding carboxylic acids is 1. The van der Waals surface area contributed by atoms with Crippen molar-refractivity contribution >= 4 is 13.7 Å². The molecule has 3 N–H and O–H groups in total. The molecule has 0 bridgehead atoms. The average molecular weight is 742 g/mol. The van der Waals surface area contributed by atoms with Gasteiger partial charge in [0.2, 0.25) is 5.91 Å². The highest BCUT2D eigenvalue weighted by Gasteiger charge is 2.27. The minimum Gasteiger partial charge on any atom is -0.387 e. The summed E-state index contributed by atoms with van der Waals surface area (Å²) in [7, 11) is 1.56. The summed E-state index contributed by atoms with van der Waals surface area (Å²) in [4.78, 5) is 23.0. The number of hydrogen-bond donors (Lipinski definition) is 3. The molecular formula is C42H82N2O6P+. The second kappa shape index (κ2) is 34.5. The van der Waals surface area contributed by atoms with Crippen molar-refractivity contribution in [1.29, 1.82) is 0 Å². The molecule has 0 rings (SSSR count). The molecule has 9 heteroatoms. The van der Waals surface area contributed by atoms with Gasteiger partial charge in [-0.1, -0.05) is 159 Å². The molecule has 0 fully saturated rings. The van der Waals surface area contributed by atoms with Gasteiger partial charge in [-0.2, -0.15) is 0 Å². The van der Waals surface area contributed by atoms with Crippen LogP contribution in [-0.4, -0.2) is 73.4 Å². The number of hydrogen-bond acceptors (Lipinski definition) is 5. The smallest absolute Gasteiger partial charge is 0.387 e. The molecule has 51 heavy (non-hydrogen) atoms. The molecule has 0 saturated carbocycles. The van der Waals surface area contributed by atoms with E-state index < -0.39 is 20.0 Å². The van der Waals surface area contributed by atoms with E-state index in [-0.39, 0.29) is 19.1 Å². The lowest BCUT2D eigenvalue weighted by Crippen LogP contribution is -2.45. The predicted octanol–water partition coefficient (Wildman–Crippen LogP) is 11.1. The van der Waals surface area contributed by atoms with Gasteiger partial charge in [-0.3, -0.25) is 13.8 Å². The third kappa shape index (κ3) is 36.9. The first-order chi connectivity index (χ1) is 24.5. The molecule has 0 radical (unpaired) electrons. The monoisotopic (exact) mass is 742 g/mol. The molecule has 0 aromatic rings. The van der Waals surface area contributed by atoms with E-state index in [4.69, 9.17) is 9.05 Å². The average Bonchev–Trinajstić information content (AvgIpc) is 3.07. The zero-order valence-corrected chi connectivity index (χ0v) is 34.7. The molecule has 8 nitrogen and oxygen atoms in total. The fourth-order valence-electron chi connectivity index (χ4n) is 5.70. The van der Waals surface area contributed by atoms with Crippen LogP contribution < -0.4 is 5.32 Å². The fraction of sp³-hybridized carbons (Fsp3) is 0.833. The lowest BCUT2D eigenvalue weighted by molar-refractivity contribution is -0.870. The number of nitrogens with one attached hydrogen (secondary N) is 1. The number of amides is 1. The number of unbranched alkanes of at least 4 members (excludes halogenated alkanes) is 20. The molecule has 0 spiro atoms. The number of phosphoric acid groups is 1. The number of phosphoric ester groups is 1. The van der Waals surface area contributed by atoms with Gasteiger partial charge >= 0.3 is 7.82 Å². The first kappa shape index (κ1) is 49.7. The van der Waals surface area contributed by atoms with Gasteiger partial charge in [-0.25, -0.2) is 4.57 Å².